The lowest BCUT2D eigenvalue weighted by Crippen LogP contribution is -2.16. The van der Waals surface area contributed by atoms with E-state index in [4.69, 9.17) is 9.15 Å². The van der Waals surface area contributed by atoms with Gasteiger partial charge in [0.05, 0.1) is 13.7 Å². The SMILES string of the molecule is CCOCc1ccc(C=C(C)C(=O)c2c(O)cc(C(C)CC/C=C/NC(=O)OC)oc2=O)s1. The van der Waals surface area contributed by atoms with E-state index in [1.54, 1.807) is 19.1 Å². The van der Waals surface area contributed by atoms with Crippen molar-refractivity contribution in [2.75, 3.05) is 13.7 Å². The van der Waals surface area contributed by atoms with Crippen molar-refractivity contribution in [2.24, 2.45) is 0 Å². The molecule has 2 heterocycles. The van der Waals surface area contributed by atoms with Gasteiger partial charge in [-0.1, -0.05) is 13.0 Å². The predicted octanol–water partition coefficient (Wildman–Crippen LogP) is 4.98. The number of carbonyl (C=O) groups is 2. The fourth-order valence-corrected chi connectivity index (χ4v) is 3.89. The molecular weight excluding hydrogens is 446 g/mol. The second-order valence-corrected chi connectivity index (χ2v) is 8.51. The van der Waals surface area contributed by atoms with E-state index in [2.05, 4.69) is 10.1 Å². The summed E-state index contributed by atoms with van der Waals surface area (Å²) in [7, 11) is 1.27. The summed E-state index contributed by atoms with van der Waals surface area (Å²) in [6.45, 7) is 6.47. The van der Waals surface area contributed by atoms with Crippen molar-refractivity contribution in [3.63, 3.8) is 0 Å². The van der Waals surface area contributed by atoms with Crippen LogP contribution in [0.15, 0.2) is 45.3 Å². The molecule has 0 saturated heterocycles. The van der Waals surface area contributed by atoms with Crippen molar-refractivity contribution in [1.82, 2.24) is 5.32 Å². The Hall–Kier alpha value is -3.17. The highest BCUT2D eigenvalue weighted by Crippen LogP contribution is 2.27. The summed E-state index contributed by atoms with van der Waals surface area (Å²) in [4.78, 5) is 38.2. The van der Waals surface area contributed by atoms with Gasteiger partial charge in [0.25, 0.3) is 0 Å². The van der Waals surface area contributed by atoms with Crippen molar-refractivity contribution in [2.45, 2.75) is 46.1 Å². The number of ether oxygens (including phenoxy) is 2. The summed E-state index contributed by atoms with van der Waals surface area (Å²) >= 11 is 1.49. The Bertz CT molecular complexity index is 1080. The maximum Gasteiger partial charge on any atom is 0.410 e. The highest BCUT2D eigenvalue weighted by Gasteiger charge is 2.22. The first-order chi connectivity index (χ1) is 15.8. The Morgan fingerprint density at radius 1 is 1.33 bits per heavy atom. The third kappa shape index (κ3) is 7.73. The summed E-state index contributed by atoms with van der Waals surface area (Å²) in [6, 6.07) is 5.11. The number of hydrogen-bond acceptors (Lipinski definition) is 8. The van der Waals surface area contributed by atoms with Crippen molar-refractivity contribution >= 4 is 29.3 Å². The molecule has 0 aromatic carbocycles. The number of methoxy groups -OCH3 is 1. The second kappa shape index (κ2) is 12.8. The van der Waals surface area contributed by atoms with E-state index in [-0.39, 0.29) is 17.2 Å². The molecule has 0 aliphatic rings. The Labute approximate surface area is 196 Å². The van der Waals surface area contributed by atoms with Crippen LogP contribution in [0.5, 0.6) is 5.75 Å². The van der Waals surface area contributed by atoms with Crippen LogP contribution in [0.3, 0.4) is 0 Å². The number of aromatic hydroxyl groups is 1. The standard InChI is InChI=1S/C24H29NO7S/c1-5-31-14-18-10-9-17(33-18)12-16(3)22(27)21-19(26)13-20(32-23(21)28)15(2)8-6-7-11-25-24(29)30-4/h7,9-13,15,26H,5-6,8,14H2,1-4H3,(H,25,29)/b11-7+,16-12?. The number of alkyl carbamates (subject to hydrolysis) is 1. The van der Waals surface area contributed by atoms with Crippen LogP contribution in [-0.2, 0) is 16.1 Å². The van der Waals surface area contributed by atoms with Gasteiger partial charge < -0.3 is 19.0 Å². The van der Waals surface area contributed by atoms with Gasteiger partial charge in [0.1, 0.15) is 17.1 Å². The van der Waals surface area contributed by atoms with E-state index in [0.29, 0.717) is 31.6 Å². The largest absolute Gasteiger partial charge is 0.507 e. The van der Waals surface area contributed by atoms with Gasteiger partial charge in [-0.15, -0.1) is 11.3 Å². The molecule has 0 fully saturated rings. The number of Topliss-reactive ketones (excluding diaryl/α,β-unsaturated/α-hetero) is 1. The number of carbonyl (C=O) groups excluding carboxylic acids is 2. The molecule has 2 aromatic heterocycles. The maximum absolute atomic E-state index is 12.8. The van der Waals surface area contributed by atoms with Gasteiger partial charge in [-0.2, -0.15) is 0 Å². The van der Waals surface area contributed by atoms with Gasteiger partial charge in [0.2, 0.25) is 0 Å². The molecule has 1 atom stereocenters. The van der Waals surface area contributed by atoms with E-state index in [1.165, 1.54) is 30.7 Å². The minimum atomic E-state index is -0.874. The van der Waals surface area contributed by atoms with Crippen LogP contribution in [0.1, 0.15) is 65.4 Å². The highest BCUT2D eigenvalue weighted by molar-refractivity contribution is 7.12. The average molecular weight is 476 g/mol. The van der Waals surface area contributed by atoms with E-state index in [0.717, 1.165) is 9.75 Å². The summed E-state index contributed by atoms with van der Waals surface area (Å²) in [5, 5.41) is 12.8. The van der Waals surface area contributed by atoms with Crippen LogP contribution in [0.25, 0.3) is 6.08 Å². The predicted molar refractivity (Wildman–Crippen MR) is 127 cm³/mol. The number of thiophene rings is 1. The molecular formula is C24H29NO7S. The molecule has 0 aliphatic carbocycles. The molecule has 0 aliphatic heterocycles. The number of allylic oxidation sites excluding steroid dienone is 2. The molecule has 33 heavy (non-hydrogen) atoms. The van der Waals surface area contributed by atoms with Gasteiger partial charge in [0, 0.05) is 34.5 Å². The smallest absolute Gasteiger partial charge is 0.410 e. The zero-order valence-electron chi connectivity index (χ0n) is 19.2. The van der Waals surface area contributed by atoms with Crippen molar-refractivity contribution in [1.29, 1.82) is 0 Å². The Morgan fingerprint density at radius 2 is 2.09 bits per heavy atom. The molecule has 8 nitrogen and oxygen atoms in total. The molecule has 178 valence electrons. The van der Waals surface area contributed by atoms with Gasteiger partial charge >= 0.3 is 11.7 Å². The Morgan fingerprint density at radius 3 is 2.76 bits per heavy atom. The third-order valence-electron chi connectivity index (χ3n) is 4.78. The first-order valence-electron chi connectivity index (χ1n) is 10.5. The molecule has 0 spiro atoms. The lowest BCUT2D eigenvalue weighted by Gasteiger charge is -2.11. The van der Waals surface area contributed by atoms with Crippen LogP contribution in [0.4, 0.5) is 4.79 Å². The second-order valence-electron chi connectivity index (χ2n) is 7.31. The normalized spacial score (nSPS) is 12.7. The first-order valence-corrected chi connectivity index (χ1v) is 11.3. The quantitative estimate of drug-likeness (QED) is 0.348. The van der Waals surface area contributed by atoms with Crippen molar-refractivity contribution in [3.05, 3.63) is 67.5 Å². The third-order valence-corrected chi connectivity index (χ3v) is 5.79. The number of rotatable bonds is 11. The molecule has 2 aromatic rings. The van der Waals surface area contributed by atoms with Crippen LogP contribution in [-0.4, -0.2) is 30.7 Å². The lowest BCUT2D eigenvalue weighted by atomic mass is 10.00. The monoisotopic (exact) mass is 475 g/mol. The van der Waals surface area contributed by atoms with Crippen LogP contribution < -0.4 is 10.9 Å². The van der Waals surface area contributed by atoms with E-state index in [1.807, 2.05) is 26.0 Å². The number of amides is 1. The van der Waals surface area contributed by atoms with Crippen molar-refractivity contribution < 1.29 is 28.6 Å². The fourth-order valence-electron chi connectivity index (χ4n) is 2.94. The Balaban J connectivity index is 2.09. The van der Waals surface area contributed by atoms with Gasteiger partial charge in [-0.25, -0.2) is 9.59 Å². The fraction of sp³-hybridized carbons (Fsp3) is 0.375. The van der Waals surface area contributed by atoms with Crippen LogP contribution in [0.2, 0.25) is 0 Å². The highest BCUT2D eigenvalue weighted by atomic mass is 32.1. The number of nitrogens with one attached hydrogen (secondary N) is 1. The zero-order valence-corrected chi connectivity index (χ0v) is 20.0. The van der Waals surface area contributed by atoms with Gasteiger partial charge in [-0.05, 0) is 50.5 Å². The number of hydrogen-bond donors (Lipinski definition) is 2. The zero-order chi connectivity index (χ0) is 24.4. The van der Waals surface area contributed by atoms with Gasteiger partial charge in [0.15, 0.2) is 5.78 Å². The summed E-state index contributed by atoms with van der Waals surface area (Å²) < 4.78 is 15.2. The van der Waals surface area contributed by atoms with Gasteiger partial charge in [-0.3, -0.25) is 10.1 Å². The van der Waals surface area contributed by atoms with E-state index >= 15 is 0 Å². The van der Waals surface area contributed by atoms with Crippen molar-refractivity contribution in [3.8, 4) is 5.75 Å². The maximum atomic E-state index is 12.8. The molecule has 1 amide bonds. The summed E-state index contributed by atoms with van der Waals surface area (Å²) in [5.41, 5.74) is -0.944. The van der Waals surface area contributed by atoms with Crippen LogP contribution in [0, 0.1) is 0 Å². The van der Waals surface area contributed by atoms with Crippen LogP contribution >= 0.6 is 11.3 Å². The summed E-state index contributed by atoms with van der Waals surface area (Å²) in [5.74, 6) is -0.903. The topological polar surface area (TPSA) is 115 Å². The molecule has 9 heteroatoms. The number of ketones is 1. The molecule has 2 N–H and O–H groups in total. The Kier molecular flexibility index (Phi) is 10.1. The minimum absolute atomic E-state index is 0.193. The first kappa shape index (κ1) is 26.1. The molecule has 0 bridgehead atoms. The molecule has 1 unspecified atom stereocenters. The lowest BCUT2D eigenvalue weighted by molar-refractivity contribution is 0.102. The van der Waals surface area contributed by atoms with E-state index < -0.39 is 23.3 Å². The molecule has 2 rings (SSSR count). The summed E-state index contributed by atoms with van der Waals surface area (Å²) in [6.07, 6.45) is 5.50. The molecule has 0 radical (unpaired) electrons. The van der Waals surface area contributed by atoms with E-state index in [9.17, 15) is 19.5 Å². The molecule has 0 saturated carbocycles. The average Bonchev–Trinajstić information content (AvgIpc) is 3.23. The minimum Gasteiger partial charge on any atom is -0.507 e.